The molecule has 0 aliphatic carbocycles. The van der Waals surface area contributed by atoms with Gasteiger partial charge in [-0.25, -0.2) is 0 Å². The summed E-state index contributed by atoms with van der Waals surface area (Å²) in [6.07, 6.45) is 0. The molecule has 0 radical (unpaired) electrons. The van der Waals surface area contributed by atoms with Crippen LogP contribution in [0.3, 0.4) is 0 Å². The third-order valence-electron chi connectivity index (χ3n) is 14.3. The molecule has 14 rings (SSSR count). The average molecular weight is 863 g/mol. The molecule has 2 aromatic heterocycles. The first kappa shape index (κ1) is 38.3. The molecule has 68 heavy (non-hydrogen) atoms. The quantitative estimate of drug-likeness (QED) is 0.147. The third-order valence-corrected chi connectivity index (χ3v) is 14.3. The maximum atomic E-state index is 2.45. The maximum absolute atomic E-state index is 2.45. The Bertz CT molecular complexity index is 4290. The number of benzene rings is 12. The largest absolute Gasteiger partial charge is 0.309 e. The van der Waals surface area contributed by atoms with E-state index in [1.54, 1.807) is 0 Å². The molecule has 0 spiro atoms. The van der Waals surface area contributed by atoms with E-state index in [0.29, 0.717) is 0 Å². The van der Waals surface area contributed by atoms with Gasteiger partial charge < -0.3 is 9.13 Å². The highest BCUT2D eigenvalue weighted by molar-refractivity contribution is 6.22. The van der Waals surface area contributed by atoms with Crippen molar-refractivity contribution in [2.75, 3.05) is 0 Å². The van der Waals surface area contributed by atoms with Crippen LogP contribution in [0.15, 0.2) is 255 Å². The van der Waals surface area contributed by atoms with Gasteiger partial charge in [0, 0.05) is 32.9 Å². The second kappa shape index (κ2) is 15.3. The summed E-state index contributed by atoms with van der Waals surface area (Å²) in [5.74, 6) is 0. The first-order valence-electron chi connectivity index (χ1n) is 23.5. The van der Waals surface area contributed by atoms with Gasteiger partial charge in [0.05, 0.1) is 22.1 Å². The zero-order valence-electron chi connectivity index (χ0n) is 37.1. The molecule has 14 aromatic rings. The van der Waals surface area contributed by atoms with Crippen molar-refractivity contribution in [2.24, 2.45) is 0 Å². The predicted molar refractivity (Wildman–Crippen MR) is 289 cm³/mol. The molecule has 0 saturated carbocycles. The molecular weight excluding hydrogens is 821 g/mol. The van der Waals surface area contributed by atoms with E-state index in [-0.39, 0.29) is 0 Å². The van der Waals surface area contributed by atoms with Crippen LogP contribution in [0.25, 0.3) is 132 Å². The number of fused-ring (bicyclic) bond motifs is 9. The number of hydrogen-bond acceptors (Lipinski definition) is 0. The second-order valence-corrected chi connectivity index (χ2v) is 18.0. The van der Waals surface area contributed by atoms with E-state index in [9.17, 15) is 0 Å². The van der Waals surface area contributed by atoms with Crippen LogP contribution in [-0.2, 0) is 0 Å². The standard InChI is InChI=1S/C66H42N2/c1-3-16-44(17-4-1)66-57-24-10-9-23-56(57)65(58-37-32-48(41-60(58)66)47-28-27-43-15-7-8-18-46(43)39-47)45-29-34-52(35-30-45)68-61-25-13-11-21-53(61)55-36-31-50(42-64(55)68)49-33-38-63-59(40-49)54-22-12-14-26-62(54)67(63)51-19-5-2-6-20-51/h1-42H. The van der Waals surface area contributed by atoms with Crippen LogP contribution in [0.4, 0.5) is 0 Å². The Hall–Kier alpha value is -8.98. The van der Waals surface area contributed by atoms with Gasteiger partial charge in [0.25, 0.3) is 0 Å². The summed E-state index contributed by atoms with van der Waals surface area (Å²) < 4.78 is 4.83. The Morgan fingerprint density at radius 3 is 1.32 bits per heavy atom. The van der Waals surface area contributed by atoms with E-state index in [2.05, 4.69) is 264 Å². The third kappa shape index (κ3) is 5.98. The fourth-order valence-electron chi connectivity index (χ4n) is 11.2. The zero-order valence-corrected chi connectivity index (χ0v) is 37.1. The Morgan fingerprint density at radius 2 is 0.603 bits per heavy atom. The number of nitrogens with zero attached hydrogens (tertiary/aromatic N) is 2. The minimum Gasteiger partial charge on any atom is -0.309 e. The molecule has 0 N–H and O–H groups in total. The van der Waals surface area contributed by atoms with Crippen molar-refractivity contribution in [3.8, 4) is 55.9 Å². The SMILES string of the molecule is c1ccc(-c2c3ccccc3c(-c3ccc(-n4c5ccccc5c5ccc(-c6ccc7c(c6)c6ccccc6n7-c6ccccc6)cc54)cc3)c3ccc(-c4ccc5ccccc5c4)cc23)cc1. The highest BCUT2D eigenvalue weighted by Crippen LogP contribution is 2.46. The molecule has 2 heteroatoms. The predicted octanol–water partition coefficient (Wildman–Crippen LogP) is 18.0. The molecule has 0 aliphatic rings. The lowest BCUT2D eigenvalue weighted by atomic mass is 9.84. The van der Waals surface area contributed by atoms with Crippen molar-refractivity contribution in [3.63, 3.8) is 0 Å². The van der Waals surface area contributed by atoms with Crippen molar-refractivity contribution in [1.29, 1.82) is 0 Å². The highest BCUT2D eigenvalue weighted by Gasteiger charge is 2.20. The van der Waals surface area contributed by atoms with Crippen LogP contribution in [-0.4, -0.2) is 9.13 Å². The van der Waals surface area contributed by atoms with Gasteiger partial charge >= 0.3 is 0 Å². The van der Waals surface area contributed by atoms with Crippen molar-refractivity contribution < 1.29 is 0 Å². The highest BCUT2D eigenvalue weighted by atomic mass is 15.0. The smallest absolute Gasteiger partial charge is 0.0547 e. The van der Waals surface area contributed by atoms with Gasteiger partial charge in [-0.05, 0) is 144 Å². The van der Waals surface area contributed by atoms with E-state index in [0.717, 1.165) is 5.69 Å². The van der Waals surface area contributed by atoms with Crippen LogP contribution in [0, 0.1) is 0 Å². The van der Waals surface area contributed by atoms with Crippen LogP contribution in [0.5, 0.6) is 0 Å². The first-order chi connectivity index (χ1) is 33.7. The normalized spacial score (nSPS) is 11.8. The fraction of sp³-hybridized carbons (Fsp3) is 0. The van der Waals surface area contributed by atoms with Crippen LogP contribution < -0.4 is 0 Å². The molecule has 2 heterocycles. The summed E-state index contributed by atoms with van der Waals surface area (Å²) in [5.41, 5.74) is 16.8. The minimum atomic E-state index is 1.13. The summed E-state index contributed by atoms with van der Waals surface area (Å²) in [7, 11) is 0. The lowest BCUT2D eigenvalue weighted by Gasteiger charge is -2.19. The molecule has 0 atom stereocenters. The van der Waals surface area contributed by atoms with Gasteiger partial charge in [0.15, 0.2) is 0 Å². The zero-order chi connectivity index (χ0) is 44.7. The van der Waals surface area contributed by atoms with Gasteiger partial charge in [-0.15, -0.1) is 0 Å². The fourth-order valence-corrected chi connectivity index (χ4v) is 11.2. The van der Waals surface area contributed by atoms with E-state index in [1.807, 2.05) is 0 Å². The van der Waals surface area contributed by atoms with E-state index >= 15 is 0 Å². The van der Waals surface area contributed by atoms with Gasteiger partial charge in [0.2, 0.25) is 0 Å². The molecule has 316 valence electrons. The Morgan fingerprint density at radius 1 is 0.191 bits per heavy atom. The topological polar surface area (TPSA) is 9.86 Å². The number of para-hydroxylation sites is 3. The first-order valence-corrected chi connectivity index (χ1v) is 23.5. The summed E-state index contributed by atoms with van der Waals surface area (Å²) in [6.45, 7) is 0. The number of hydrogen-bond donors (Lipinski definition) is 0. The lowest BCUT2D eigenvalue weighted by molar-refractivity contribution is 1.18. The van der Waals surface area contributed by atoms with Crippen molar-refractivity contribution >= 4 is 75.9 Å². The maximum Gasteiger partial charge on any atom is 0.0547 e. The van der Waals surface area contributed by atoms with Crippen molar-refractivity contribution in [2.45, 2.75) is 0 Å². The van der Waals surface area contributed by atoms with Gasteiger partial charge in [-0.2, -0.15) is 0 Å². The van der Waals surface area contributed by atoms with E-state index < -0.39 is 0 Å². The van der Waals surface area contributed by atoms with E-state index in [1.165, 1.54) is 126 Å². The molecule has 0 bridgehead atoms. The monoisotopic (exact) mass is 862 g/mol. The number of rotatable bonds is 6. The molecule has 0 amide bonds. The number of aromatic nitrogens is 2. The molecule has 12 aromatic carbocycles. The van der Waals surface area contributed by atoms with Crippen molar-refractivity contribution in [3.05, 3.63) is 255 Å². The van der Waals surface area contributed by atoms with Gasteiger partial charge in [0.1, 0.15) is 0 Å². The van der Waals surface area contributed by atoms with Crippen molar-refractivity contribution in [1.82, 2.24) is 9.13 Å². The minimum absolute atomic E-state index is 1.13. The average Bonchev–Trinajstić information content (AvgIpc) is 3.92. The summed E-state index contributed by atoms with van der Waals surface area (Å²) in [4.78, 5) is 0. The molecular formula is C66H42N2. The summed E-state index contributed by atoms with van der Waals surface area (Å²) in [6, 6.07) is 93.9. The molecule has 0 fully saturated rings. The molecule has 2 nitrogen and oxygen atoms in total. The Balaban J connectivity index is 0.928. The van der Waals surface area contributed by atoms with Gasteiger partial charge in [-0.3, -0.25) is 0 Å². The second-order valence-electron chi connectivity index (χ2n) is 18.0. The van der Waals surface area contributed by atoms with Crippen LogP contribution in [0.2, 0.25) is 0 Å². The summed E-state index contributed by atoms with van der Waals surface area (Å²) >= 11 is 0. The molecule has 0 saturated heterocycles. The Kier molecular flexibility index (Phi) is 8.62. The molecule has 0 aliphatic heterocycles. The van der Waals surface area contributed by atoms with E-state index in [4.69, 9.17) is 0 Å². The van der Waals surface area contributed by atoms with Crippen LogP contribution >= 0.6 is 0 Å². The molecule has 0 unspecified atom stereocenters. The summed E-state index contributed by atoms with van der Waals surface area (Å²) in [5, 5.41) is 12.5. The Labute approximate surface area is 393 Å². The van der Waals surface area contributed by atoms with Gasteiger partial charge in [-0.1, -0.05) is 188 Å². The van der Waals surface area contributed by atoms with Crippen LogP contribution in [0.1, 0.15) is 0 Å². The lowest BCUT2D eigenvalue weighted by Crippen LogP contribution is -1.95.